The van der Waals surface area contributed by atoms with Crippen molar-refractivity contribution in [1.82, 2.24) is 0 Å². The molecule has 0 atom stereocenters. The molecule has 0 N–H and O–H groups in total. The molecule has 70 valence electrons. The zero-order chi connectivity index (χ0) is 9.84. The van der Waals surface area contributed by atoms with Crippen LogP contribution in [0.25, 0.3) is 0 Å². The van der Waals surface area contributed by atoms with Crippen molar-refractivity contribution in [3.63, 3.8) is 0 Å². The van der Waals surface area contributed by atoms with Gasteiger partial charge in [0.05, 0.1) is 7.11 Å². The van der Waals surface area contributed by atoms with Gasteiger partial charge in [-0.05, 0) is 24.1 Å². The van der Waals surface area contributed by atoms with Crippen LogP contribution in [0.1, 0.15) is 5.56 Å². The first kappa shape index (κ1) is 9.71. The molecule has 13 heavy (non-hydrogen) atoms. The summed E-state index contributed by atoms with van der Waals surface area (Å²) in [6, 6.07) is 2.60. The van der Waals surface area contributed by atoms with Crippen LogP contribution >= 0.6 is 0 Å². The molecule has 0 aliphatic rings. The lowest BCUT2D eigenvalue weighted by Crippen LogP contribution is -1.94. The smallest absolute Gasteiger partial charge is 0.200 e. The van der Waals surface area contributed by atoms with Gasteiger partial charge in [-0.25, -0.2) is 4.39 Å². The van der Waals surface area contributed by atoms with E-state index in [1.54, 1.807) is 6.08 Å². The number of hydrogen-bond acceptors (Lipinski definition) is 1. The number of ether oxygens (including phenoxy) is 1. The van der Waals surface area contributed by atoms with Crippen molar-refractivity contribution in [1.29, 1.82) is 0 Å². The van der Waals surface area contributed by atoms with E-state index >= 15 is 0 Å². The molecule has 0 saturated carbocycles. The number of methoxy groups -OCH3 is 1. The Morgan fingerprint density at radius 2 is 2.15 bits per heavy atom. The Morgan fingerprint density at radius 1 is 1.46 bits per heavy atom. The third kappa shape index (κ3) is 2.05. The zero-order valence-corrected chi connectivity index (χ0v) is 7.31. The van der Waals surface area contributed by atoms with Crippen LogP contribution < -0.4 is 4.74 Å². The van der Waals surface area contributed by atoms with Gasteiger partial charge in [0.2, 0.25) is 5.82 Å². The van der Waals surface area contributed by atoms with Crippen LogP contribution in [-0.4, -0.2) is 7.11 Å². The molecule has 0 heterocycles. The maximum absolute atomic E-state index is 12.9. The Kier molecular flexibility index (Phi) is 3.01. The van der Waals surface area contributed by atoms with Crippen molar-refractivity contribution < 1.29 is 13.5 Å². The summed E-state index contributed by atoms with van der Waals surface area (Å²) in [6.45, 7) is 3.51. The Morgan fingerprint density at radius 3 is 2.69 bits per heavy atom. The van der Waals surface area contributed by atoms with Crippen LogP contribution in [0, 0.1) is 11.6 Å². The van der Waals surface area contributed by atoms with Crippen molar-refractivity contribution in [2.24, 2.45) is 0 Å². The molecule has 1 nitrogen and oxygen atoms in total. The molecule has 0 aliphatic carbocycles. The third-order valence-corrected chi connectivity index (χ3v) is 1.65. The Labute approximate surface area is 75.6 Å². The topological polar surface area (TPSA) is 9.23 Å². The van der Waals surface area contributed by atoms with E-state index in [9.17, 15) is 8.78 Å². The normalized spacial score (nSPS) is 9.77. The molecule has 1 rings (SSSR count). The van der Waals surface area contributed by atoms with Crippen LogP contribution in [0.2, 0.25) is 0 Å². The lowest BCUT2D eigenvalue weighted by molar-refractivity contribution is 0.371. The standard InChI is InChI=1S/C10H10F2O/c1-3-4-7-5-8(11)10(12)9(6-7)13-2/h3,5-6H,1,4H2,2H3. The van der Waals surface area contributed by atoms with Crippen molar-refractivity contribution >= 4 is 0 Å². The fourth-order valence-electron chi connectivity index (χ4n) is 1.05. The summed E-state index contributed by atoms with van der Waals surface area (Å²) in [4.78, 5) is 0. The summed E-state index contributed by atoms with van der Waals surface area (Å²) in [6.07, 6.45) is 2.11. The largest absolute Gasteiger partial charge is 0.494 e. The van der Waals surface area contributed by atoms with Gasteiger partial charge in [-0.1, -0.05) is 6.08 Å². The van der Waals surface area contributed by atoms with Gasteiger partial charge in [0.25, 0.3) is 0 Å². The van der Waals surface area contributed by atoms with Crippen molar-refractivity contribution in [3.05, 3.63) is 42.0 Å². The quantitative estimate of drug-likeness (QED) is 0.656. The predicted molar refractivity (Wildman–Crippen MR) is 46.8 cm³/mol. The first-order chi connectivity index (χ1) is 6.19. The molecular weight excluding hydrogens is 174 g/mol. The molecule has 0 aliphatic heterocycles. The highest BCUT2D eigenvalue weighted by atomic mass is 19.2. The summed E-state index contributed by atoms with van der Waals surface area (Å²) in [5.41, 5.74) is 0.644. The zero-order valence-electron chi connectivity index (χ0n) is 7.31. The van der Waals surface area contributed by atoms with E-state index in [-0.39, 0.29) is 5.75 Å². The number of halogens is 2. The summed E-state index contributed by atoms with van der Waals surface area (Å²) < 4.78 is 30.4. The maximum Gasteiger partial charge on any atom is 0.200 e. The number of hydrogen-bond donors (Lipinski definition) is 0. The highest BCUT2D eigenvalue weighted by Crippen LogP contribution is 2.21. The predicted octanol–water partition coefficient (Wildman–Crippen LogP) is 2.70. The van der Waals surface area contributed by atoms with Gasteiger partial charge in [-0.15, -0.1) is 6.58 Å². The first-order valence-electron chi connectivity index (χ1n) is 3.82. The molecule has 0 aromatic heterocycles. The Hall–Kier alpha value is -1.38. The van der Waals surface area contributed by atoms with Gasteiger partial charge in [-0.2, -0.15) is 4.39 Å². The number of benzene rings is 1. The molecule has 3 heteroatoms. The van der Waals surface area contributed by atoms with Gasteiger partial charge in [0.15, 0.2) is 11.6 Å². The van der Waals surface area contributed by atoms with Gasteiger partial charge >= 0.3 is 0 Å². The van der Waals surface area contributed by atoms with Crippen molar-refractivity contribution in [3.8, 4) is 5.75 Å². The van der Waals surface area contributed by atoms with E-state index in [0.29, 0.717) is 12.0 Å². The summed E-state index contributed by atoms with van der Waals surface area (Å²) in [5, 5.41) is 0. The highest BCUT2D eigenvalue weighted by molar-refractivity contribution is 5.32. The van der Waals surface area contributed by atoms with E-state index in [2.05, 4.69) is 11.3 Å². The average Bonchev–Trinajstić information content (AvgIpc) is 2.11. The summed E-state index contributed by atoms with van der Waals surface area (Å²) in [5.74, 6) is -1.91. The summed E-state index contributed by atoms with van der Waals surface area (Å²) in [7, 11) is 1.30. The minimum atomic E-state index is -0.949. The second-order valence-corrected chi connectivity index (χ2v) is 2.59. The lowest BCUT2D eigenvalue weighted by atomic mass is 10.1. The monoisotopic (exact) mass is 184 g/mol. The Bertz CT molecular complexity index is 321. The number of rotatable bonds is 3. The minimum absolute atomic E-state index is 0.0724. The van der Waals surface area contributed by atoms with Crippen LogP contribution in [-0.2, 0) is 6.42 Å². The van der Waals surface area contributed by atoms with Gasteiger partial charge in [-0.3, -0.25) is 0 Å². The molecular formula is C10H10F2O. The van der Waals surface area contributed by atoms with Crippen LogP contribution in [0.15, 0.2) is 24.8 Å². The maximum atomic E-state index is 12.9. The first-order valence-corrected chi connectivity index (χ1v) is 3.82. The average molecular weight is 184 g/mol. The molecule has 0 radical (unpaired) electrons. The molecule has 0 fully saturated rings. The SMILES string of the molecule is C=CCc1cc(F)c(F)c(OC)c1. The number of allylic oxidation sites excluding steroid dienone is 1. The Balaban J connectivity index is 3.13. The van der Waals surface area contributed by atoms with E-state index in [1.165, 1.54) is 13.2 Å². The second-order valence-electron chi connectivity index (χ2n) is 2.59. The fourth-order valence-corrected chi connectivity index (χ4v) is 1.05. The molecule has 0 amide bonds. The molecule has 0 spiro atoms. The van der Waals surface area contributed by atoms with Gasteiger partial charge < -0.3 is 4.74 Å². The van der Waals surface area contributed by atoms with E-state index in [0.717, 1.165) is 6.07 Å². The van der Waals surface area contributed by atoms with Gasteiger partial charge in [0, 0.05) is 0 Å². The van der Waals surface area contributed by atoms with E-state index < -0.39 is 11.6 Å². The molecule has 0 unspecified atom stereocenters. The van der Waals surface area contributed by atoms with Crippen molar-refractivity contribution in [2.75, 3.05) is 7.11 Å². The molecule has 0 bridgehead atoms. The highest BCUT2D eigenvalue weighted by Gasteiger charge is 2.09. The molecule has 0 saturated heterocycles. The van der Waals surface area contributed by atoms with Crippen LogP contribution in [0.5, 0.6) is 5.75 Å². The van der Waals surface area contributed by atoms with E-state index in [4.69, 9.17) is 0 Å². The fraction of sp³-hybridized carbons (Fsp3) is 0.200. The molecule has 1 aromatic rings. The third-order valence-electron chi connectivity index (χ3n) is 1.65. The lowest BCUT2D eigenvalue weighted by Gasteiger charge is -2.04. The van der Waals surface area contributed by atoms with E-state index in [1.807, 2.05) is 0 Å². The van der Waals surface area contributed by atoms with Gasteiger partial charge in [0.1, 0.15) is 0 Å². The van der Waals surface area contributed by atoms with Crippen LogP contribution in [0.3, 0.4) is 0 Å². The molecule has 1 aromatic carbocycles. The van der Waals surface area contributed by atoms with Crippen LogP contribution in [0.4, 0.5) is 8.78 Å². The second kappa shape index (κ2) is 4.03. The van der Waals surface area contributed by atoms with Crippen molar-refractivity contribution in [2.45, 2.75) is 6.42 Å². The summed E-state index contributed by atoms with van der Waals surface area (Å²) >= 11 is 0. The minimum Gasteiger partial charge on any atom is -0.494 e.